The van der Waals surface area contributed by atoms with E-state index in [-0.39, 0.29) is 16.3 Å². The van der Waals surface area contributed by atoms with Gasteiger partial charge in [0.05, 0.1) is 16.3 Å². The predicted octanol–water partition coefficient (Wildman–Crippen LogP) is 2.30. The van der Waals surface area contributed by atoms with E-state index in [0.717, 1.165) is 0 Å². The van der Waals surface area contributed by atoms with Crippen molar-refractivity contribution in [1.82, 2.24) is 0 Å². The Morgan fingerprint density at radius 1 is 1.50 bits per heavy atom. The first-order valence-electron chi connectivity index (χ1n) is 3.55. The lowest BCUT2D eigenvalue weighted by molar-refractivity contribution is -0.0906. The van der Waals surface area contributed by atoms with Crippen LogP contribution in [0, 0.1) is 0 Å². The zero-order chi connectivity index (χ0) is 10.7. The van der Waals surface area contributed by atoms with E-state index in [1.54, 1.807) is 0 Å². The summed E-state index contributed by atoms with van der Waals surface area (Å²) < 4.78 is 27.0. The van der Waals surface area contributed by atoms with Crippen LogP contribution in [-0.4, -0.2) is 12.6 Å². The van der Waals surface area contributed by atoms with Gasteiger partial charge in [0, 0.05) is 0 Å². The number of carbonyl (C=O) groups excluding carboxylic acids is 1. The number of benzene rings is 1. The highest BCUT2D eigenvalue weighted by atomic mass is 35.5. The number of anilines is 1. The monoisotopic (exact) mass is 221 g/mol. The van der Waals surface area contributed by atoms with Gasteiger partial charge in [0.25, 0.3) is 0 Å². The summed E-state index contributed by atoms with van der Waals surface area (Å²) in [5.74, 6) is -1.20. The second-order valence-electron chi connectivity index (χ2n) is 2.37. The summed E-state index contributed by atoms with van der Waals surface area (Å²) in [6.07, 6.45) is 0. The molecule has 14 heavy (non-hydrogen) atoms. The fourth-order valence-electron chi connectivity index (χ4n) is 0.852. The smallest absolute Gasteiger partial charge is 0.389 e. The van der Waals surface area contributed by atoms with E-state index in [0.29, 0.717) is 0 Å². The van der Waals surface area contributed by atoms with Crippen LogP contribution in [0.4, 0.5) is 14.5 Å². The molecule has 0 aliphatic heterocycles. The van der Waals surface area contributed by atoms with E-state index in [1.807, 2.05) is 0 Å². The van der Waals surface area contributed by atoms with Gasteiger partial charge in [-0.3, -0.25) is 0 Å². The molecule has 0 aliphatic carbocycles. The number of ether oxygens (including phenoxy) is 1. The van der Waals surface area contributed by atoms with Crippen molar-refractivity contribution in [3.8, 4) is 0 Å². The molecule has 0 spiro atoms. The SMILES string of the molecule is Nc1cccc(C(=O)OC(F)F)c1Cl. The Hall–Kier alpha value is -1.36. The van der Waals surface area contributed by atoms with E-state index in [1.165, 1.54) is 18.2 Å². The molecule has 76 valence electrons. The Morgan fingerprint density at radius 3 is 2.71 bits per heavy atom. The first-order valence-corrected chi connectivity index (χ1v) is 3.93. The normalized spacial score (nSPS) is 10.3. The van der Waals surface area contributed by atoms with Crippen molar-refractivity contribution in [2.24, 2.45) is 0 Å². The van der Waals surface area contributed by atoms with Gasteiger partial charge in [-0.25, -0.2) is 4.79 Å². The minimum absolute atomic E-state index is 0.0850. The van der Waals surface area contributed by atoms with Gasteiger partial charge in [-0.05, 0) is 12.1 Å². The number of nitrogens with two attached hydrogens (primary N) is 1. The highest BCUT2D eigenvalue weighted by Gasteiger charge is 2.17. The van der Waals surface area contributed by atoms with Gasteiger partial charge in [-0.1, -0.05) is 17.7 Å². The summed E-state index contributed by atoms with van der Waals surface area (Å²) in [6.45, 7) is -3.17. The van der Waals surface area contributed by atoms with Gasteiger partial charge in [0.1, 0.15) is 0 Å². The summed E-state index contributed by atoms with van der Waals surface area (Å²) in [5, 5.41) is -0.0850. The number of halogens is 3. The summed E-state index contributed by atoms with van der Waals surface area (Å²) in [7, 11) is 0. The quantitative estimate of drug-likeness (QED) is 0.616. The highest BCUT2D eigenvalue weighted by molar-refractivity contribution is 6.36. The van der Waals surface area contributed by atoms with Crippen LogP contribution in [0.25, 0.3) is 0 Å². The van der Waals surface area contributed by atoms with E-state index < -0.39 is 12.6 Å². The second kappa shape index (κ2) is 4.23. The maximum absolute atomic E-state index is 11.7. The van der Waals surface area contributed by atoms with Crippen molar-refractivity contribution in [2.45, 2.75) is 6.61 Å². The van der Waals surface area contributed by atoms with Gasteiger partial charge in [-0.2, -0.15) is 8.78 Å². The van der Waals surface area contributed by atoms with Crippen molar-refractivity contribution in [1.29, 1.82) is 0 Å². The first-order chi connectivity index (χ1) is 6.52. The minimum atomic E-state index is -3.17. The average molecular weight is 222 g/mol. The molecule has 6 heteroatoms. The number of hydrogen-bond donors (Lipinski definition) is 1. The Morgan fingerprint density at radius 2 is 2.14 bits per heavy atom. The largest absolute Gasteiger partial charge is 0.399 e. The van der Waals surface area contributed by atoms with E-state index in [2.05, 4.69) is 4.74 Å². The molecule has 0 atom stereocenters. The molecule has 0 saturated carbocycles. The van der Waals surface area contributed by atoms with E-state index in [4.69, 9.17) is 17.3 Å². The Balaban J connectivity index is 2.96. The third kappa shape index (κ3) is 2.32. The highest BCUT2D eigenvalue weighted by Crippen LogP contribution is 2.24. The van der Waals surface area contributed by atoms with Crippen LogP contribution in [-0.2, 0) is 4.74 Å². The third-order valence-corrected chi connectivity index (χ3v) is 1.87. The maximum atomic E-state index is 11.7. The number of hydrogen-bond acceptors (Lipinski definition) is 3. The molecule has 1 rings (SSSR count). The van der Waals surface area contributed by atoms with Gasteiger partial charge >= 0.3 is 12.6 Å². The molecule has 3 nitrogen and oxygen atoms in total. The van der Waals surface area contributed by atoms with E-state index >= 15 is 0 Å². The molecule has 0 fully saturated rings. The standard InChI is InChI=1S/C8H6ClF2NO2/c9-6-4(2-1-3-5(6)12)7(13)14-8(10)11/h1-3,8H,12H2. The van der Waals surface area contributed by atoms with Crippen LogP contribution in [0.5, 0.6) is 0 Å². The van der Waals surface area contributed by atoms with Gasteiger partial charge in [0.2, 0.25) is 0 Å². The third-order valence-electron chi connectivity index (χ3n) is 1.44. The molecule has 1 aromatic carbocycles. The predicted molar refractivity (Wildman–Crippen MR) is 47.3 cm³/mol. The Bertz CT molecular complexity index is 357. The van der Waals surface area contributed by atoms with Crippen molar-refractivity contribution < 1.29 is 18.3 Å². The van der Waals surface area contributed by atoms with E-state index in [9.17, 15) is 13.6 Å². The molecule has 0 saturated heterocycles. The van der Waals surface area contributed by atoms with Crippen molar-refractivity contribution >= 4 is 23.3 Å². The molecular formula is C8H6ClF2NO2. The second-order valence-corrected chi connectivity index (χ2v) is 2.75. The molecule has 0 bridgehead atoms. The minimum Gasteiger partial charge on any atom is -0.399 e. The molecule has 0 heterocycles. The van der Waals surface area contributed by atoms with Crippen molar-refractivity contribution in [2.75, 3.05) is 5.73 Å². The topological polar surface area (TPSA) is 52.3 Å². The molecule has 2 N–H and O–H groups in total. The molecular weight excluding hydrogens is 216 g/mol. The first kappa shape index (κ1) is 10.7. The van der Waals surface area contributed by atoms with Gasteiger partial charge in [-0.15, -0.1) is 0 Å². The summed E-state index contributed by atoms with van der Waals surface area (Å²) in [6, 6.07) is 4.12. The molecule has 0 aliphatic rings. The van der Waals surface area contributed by atoms with Crippen LogP contribution < -0.4 is 5.73 Å². The Kier molecular flexibility index (Phi) is 3.24. The number of alkyl halides is 2. The lowest BCUT2D eigenvalue weighted by atomic mass is 10.2. The van der Waals surface area contributed by atoms with Crippen molar-refractivity contribution in [3.63, 3.8) is 0 Å². The zero-order valence-corrected chi connectivity index (χ0v) is 7.59. The summed E-state index contributed by atoms with van der Waals surface area (Å²) in [4.78, 5) is 11.0. The Labute approximate surface area is 83.4 Å². The lowest BCUT2D eigenvalue weighted by Crippen LogP contribution is -2.10. The molecule has 1 aromatic rings. The number of rotatable bonds is 2. The summed E-state index contributed by atoms with van der Waals surface area (Å²) >= 11 is 5.60. The molecule has 0 amide bonds. The number of esters is 1. The van der Waals surface area contributed by atoms with Crippen LogP contribution in [0.3, 0.4) is 0 Å². The molecule has 0 aromatic heterocycles. The number of nitrogen functional groups attached to an aromatic ring is 1. The fraction of sp³-hybridized carbons (Fsp3) is 0.125. The maximum Gasteiger partial charge on any atom is 0.389 e. The van der Waals surface area contributed by atoms with Crippen molar-refractivity contribution in [3.05, 3.63) is 28.8 Å². The number of carbonyl (C=O) groups is 1. The van der Waals surface area contributed by atoms with Crippen LogP contribution in [0.15, 0.2) is 18.2 Å². The lowest BCUT2D eigenvalue weighted by Gasteiger charge is -2.05. The molecule has 0 radical (unpaired) electrons. The average Bonchev–Trinajstić information content (AvgIpc) is 2.08. The van der Waals surface area contributed by atoms with Gasteiger partial charge in [0.15, 0.2) is 0 Å². The zero-order valence-electron chi connectivity index (χ0n) is 6.84. The fourth-order valence-corrected chi connectivity index (χ4v) is 1.06. The van der Waals surface area contributed by atoms with Crippen LogP contribution in [0.1, 0.15) is 10.4 Å². The molecule has 0 unspecified atom stereocenters. The van der Waals surface area contributed by atoms with Crippen LogP contribution in [0.2, 0.25) is 5.02 Å². The van der Waals surface area contributed by atoms with Gasteiger partial charge < -0.3 is 10.5 Å². The van der Waals surface area contributed by atoms with Crippen LogP contribution >= 0.6 is 11.6 Å². The summed E-state index contributed by atoms with van der Waals surface area (Å²) in [5.41, 5.74) is 5.32.